The summed E-state index contributed by atoms with van der Waals surface area (Å²) in [5.41, 5.74) is -0.127. The van der Waals surface area contributed by atoms with Gasteiger partial charge in [-0.25, -0.2) is 13.2 Å². The van der Waals surface area contributed by atoms with Crippen molar-refractivity contribution in [3.05, 3.63) is 28.8 Å². The van der Waals surface area contributed by atoms with Crippen LogP contribution in [0.5, 0.6) is 0 Å². The Morgan fingerprint density at radius 1 is 1.47 bits per heavy atom. The van der Waals surface area contributed by atoms with Gasteiger partial charge in [0.1, 0.15) is 0 Å². The minimum Gasteiger partial charge on any atom is -0.478 e. The van der Waals surface area contributed by atoms with E-state index >= 15 is 0 Å². The Morgan fingerprint density at radius 3 is 2.59 bits per heavy atom. The van der Waals surface area contributed by atoms with Crippen LogP contribution in [-0.2, 0) is 14.6 Å². The maximum absolute atomic E-state index is 11.7. The molecule has 0 aromatic heterocycles. The first-order valence-electron chi connectivity index (χ1n) is 4.63. The number of ether oxygens (including phenoxy) is 1. The molecular formula is C10H11ClO5S. The molecule has 1 aromatic carbocycles. The second-order valence-electron chi connectivity index (χ2n) is 3.26. The van der Waals surface area contributed by atoms with Crippen LogP contribution in [0.1, 0.15) is 10.4 Å². The van der Waals surface area contributed by atoms with Gasteiger partial charge in [-0.15, -0.1) is 0 Å². The van der Waals surface area contributed by atoms with Crippen LogP contribution in [0.15, 0.2) is 23.1 Å². The van der Waals surface area contributed by atoms with Crippen LogP contribution in [0.25, 0.3) is 0 Å². The van der Waals surface area contributed by atoms with Crippen molar-refractivity contribution in [2.75, 3.05) is 19.5 Å². The number of hydrogen-bond donors (Lipinski definition) is 1. The van der Waals surface area contributed by atoms with E-state index in [-0.39, 0.29) is 27.8 Å². The number of halogens is 1. The number of rotatable bonds is 5. The normalized spacial score (nSPS) is 11.4. The molecule has 17 heavy (non-hydrogen) atoms. The third-order valence-corrected chi connectivity index (χ3v) is 4.08. The van der Waals surface area contributed by atoms with E-state index in [1.807, 2.05) is 0 Å². The molecule has 0 saturated carbocycles. The lowest BCUT2D eigenvalue weighted by Crippen LogP contribution is -2.12. The quantitative estimate of drug-likeness (QED) is 0.882. The van der Waals surface area contributed by atoms with E-state index in [4.69, 9.17) is 16.7 Å². The van der Waals surface area contributed by atoms with E-state index in [9.17, 15) is 13.2 Å². The van der Waals surface area contributed by atoms with E-state index in [1.165, 1.54) is 19.2 Å². The van der Waals surface area contributed by atoms with Crippen molar-refractivity contribution >= 4 is 27.4 Å². The maximum Gasteiger partial charge on any atom is 0.337 e. The fraction of sp³-hybridized carbons (Fsp3) is 0.300. The van der Waals surface area contributed by atoms with Gasteiger partial charge >= 0.3 is 5.97 Å². The van der Waals surface area contributed by atoms with Gasteiger partial charge in [-0.1, -0.05) is 11.6 Å². The molecule has 1 rings (SSSR count). The number of sulfone groups is 1. The molecule has 7 heteroatoms. The van der Waals surface area contributed by atoms with Crippen LogP contribution in [0.3, 0.4) is 0 Å². The summed E-state index contributed by atoms with van der Waals surface area (Å²) in [5.74, 6) is -1.37. The molecule has 0 radical (unpaired) electrons. The lowest BCUT2D eigenvalue weighted by Gasteiger charge is -2.05. The van der Waals surface area contributed by atoms with E-state index in [2.05, 4.69) is 4.74 Å². The molecule has 0 aliphatic heterocycles. The van der Waals surface area contributed by atoms with Gasteiger partial charge in [0.2, 0.25) is 0 Å². The predicted octanol–water partition coefficient (Wildman–Crippen LogP) is 1.46. The number of carboxylic acid groups (broad SMARTS) is 1. The van der Waals surface area contributed by atoms with Gasteiger partial charge in [0.25, 0.3) is 0 Å². The number of benzene rings is 1. The highest BCUT2D eigenvalue weighted by molar-refractivity contribution is 7.91. The predicted molar refractivity (Wildman–Crippen MR) is 62.3 cm³/mol. The van der Waals surface area contributed by atoms with Gasteiger partial charge in [0, 0.05) is 7.11 Å². The molecule has 0 fully saturated rings. The van der Waals surface area contributed by atoms with Crippen LogP contribution in [0.4, 0.5) is 0 Å². The highest BCUT2D eigenvalue weighted by Gasteiger charge is 2.17. The molecule has 0 amide bonds. The average molecular weight is 279 g/mol. The molecule has 0 aliphatic carbocycles. The lowest BCUT2D eigenvalue weighted by atomic mass is 10.2. The second kappa shape index (κ2) is 5.48. The minimum absolute atomic E-state index is 0.00968. The molecule has 0 aliphatic rings. The molecule has 0 unspecified atom stereocenters. The molecule has 0 atom stereocenters. The number of methoxy groups -OCH3 is 1. The Labute approximate surface area is 104 Å². The lowest BCUT2D eigenvalue weighted by molar-refractivity contribution is 0.0697. The Kier molecular flexibility index (Phi) is 4.50. The second-order valence-corrected chi connectivity index (χ2v) is 5.77. The van der Waals surface area contributed by atoms with Crippen molar-refractivity contribution in [3.8, 4) is 0 Å². The molecule has 94 valence electrons. The van der Waals surface area contributed by atoms with Crippen LogP contribution in [0, 0.1) is 0 Å². The smallest absolute Gasteiger partial charge is 0.337 e. The summed E-state index contributed by atoms with van der Waals surface area (Å²) in [7, 11) is -2.09. The molecule has 1 aromatic rings. The first kappa shape index (κ1) is 14.0. The summed E-state index contributed by atoms with van der Waals surface area (Å²) in [6.07, 6.45) is 0. The fourth-order valence-electron chi connectivity index (χ4n) is 1.17. The summed E-state index contributed by atoms with van der Waals surface area (Å²) in [6, 6.07) is 3.53. The third-order valence-electron chi connectivity index (χ3n) is 2.09. The molecule has 0 heterocycles. The van der Waals surface area contributed by atoms with Crippen LogP contribution in [0.2, 0.25) is 5.02 Å². The van der Waals surface area contributed by atoms with E-state index in [0.717, 1.165) is 6.07 Å². The van der Waals surface area contributed by atoms with Crippen LogP contribution in [-0.4, -0.2) is 39.0 Å². The summed E-state index contributed by atoms with van der Waals surface area (Å²) in [5, 5.41) is 8.65. The van der Waals surface area contributed by atoms with Crippen molar-refractivity contribution in [1.29, 1.82) is 0 Å². The highest BCUT2D eigenvalue weighted by atomic mass is 35.5. The highest BCUT2D eigenvalue weighted by Crippen LogP contribution is 2.21. The van der Waals surface area contributed by atoms with Crippen molar-refractivity contribution in [2.45, 2.75) is 4.90 Å². The molecule has 5 nitrogen and oxygen atoms in total. The Morgan fingerprint density at radius 2 is 2.12 bits per heavy atom. The molecular weight excluding hydrogens is 268 g/mol. The molecule has 0 saturated heterocycles. The summed E-state index contributed by atoms with van der Waals surface area (Å²) < 4.78 is 28.2. The minimum atomic E-state index is -3.49. The first-order valence-corrected chi connectivity index (χ1v) is 6.66. The van der Waals surface area contributed by atoms with E-state index in [1.54, 1.807) is 0 Å². The maximum atomic E-state index is 11.7. The van der Waals surface area contributed by atoms with E-state index in [0.29, 0.717) is 0 Å². The van der Waals surface area contributed by atoms with Gasteiger partial charge in [-0.3, -0.25) is 0 Å². The summed E-state index contributed by atoms with van der Waals surface area (Å²) >= 11 is 5.69. The zero-order valence-electron chi connectivity index (χ0n) is 9.01. The zero-order chi connectivity index (χ0) is 13.1. The Bertz CT molecular complexity index is 523. The zero-order valence-corrected chi connectivity index (χ0v) is 10.6. The van der Waals surface area contributed by atoms with Gasteiger partial charge in [0.15, 0.2) is 9.84 Å². The van der Waals surface area contributed by atoms with Crippen molar-refractivity contribution in [3.63, 3.8) is 0 Å². The monoisotopic (exact) mass is 278 g/mol. The van der Waals surface area contributed by atoms with Gasteiger partial charge in [-0.2, -0.15) is 0 Å². The van der Waals surface area contributed by atoms with Crippen molar-refractivity contribution in [2.24, 2.45) is 0 Å². The number of carbonyl (C=O) groups is 1. The molecule has 0 spiro atoms. The Balaban J connectivity index is 3.09. The SMILES string of the molecule is COCCS(=O)(=O)c1ccc(C(=O)O)c(Cl)c1. The van der Waals surface area contributed by atoms with Crippen molar-refractivity contribution in [1.82, 2.24) is 0 Å². The molecule has 1 N–H and O–H groups in total. The number of hydrogen-bond acceptors (Lipinski definition) is 4. The number of aromatic carboxylic acids is 1. The summed E-state index contributed by atoms with van der Waals surface area (Å²) in [4.78, 5) is 10.7. The first-order chi connectivity index (χ1) is 7.88. The van der Waals surface area contributed by atoms with Crippen LogP contribution >= 0.6 is 11.6 Å². The largest absolute Gasteiger partial charge is 0.478 e. The average Bonchev–Trinajstić information content (AvgIpc) is 2.25. The summed E-state index contributed by atoms with van der Waals surface area (Å²) in [6.45, 7) is 0.0701. The van der Waals surface area contributed by atoms with Gasteiger partial charge in [-0.05, 0) is 18.2 Å². The topological polar surface area (TPSA) is 80.7 Å². The van der Waals surface area contributed by atoms with Gasteiger partial charge in [0.05, 0.1) is 27.8 Å². The number of carboxylic acids is 1. The van der Waals surface area contributed by atoms with E-state index < -0.39 is 15.8 Å². The third kappa shape index (κ3) is 3.42. The van der Waals surface area contributed by atoms with Crippen LogP contribution < -0.4 is 0 Å². The molecule has 0 bridgehead atoms. The van der Waals surface area contributed by atoms with Gasteiger partial charge < -0.3 is 9.84 Å². The van der Waals surface area contributed by atoms with Crippen molar-refractivity contribution < 1.29 is 23.1 Å². The Hall–Kier alpha value is -1.11. The standard InChI is InChI=1S/C10H11ClO5S/c1-16-4-5-17(14,15)7-2-3-8(10(12)13)9(11)6-7/h2-3,6H,4-5H2,1H3,(H,12,13). The fourth-order valence-corrected chi connectivity index (χ4v) is 2.69.